The van der Waals surface area contributed by atoms with Gasteiger partial charge in [0.15, 0.2) is 6.61 Å². The first-order chi connectivity index (χ1) is 13.1. The second kappa shape index (κ2) is 7.23. The molecule has 0 unspecified atom stereocenters. The lowest BCUT2D eigenvalue weighted by Crippen LogP contribution is -2.35. The van der Waals surface area contributed by atoms with Crippen molar-refractivity contribution < 1.29 is 18.3 Å². The number of amides is 1. The molecule has 1 aromatic heterocycles. The summed E-state index contributed by atoms with van der Waals surface area (Å²) >= 11 is 0. The van der Waals surface area contributed by atoms with Crippen molar-refractivity contribution in [3.05, 3.63) is 82.8 Å². The van der Waals surface area contributed by atoms with Crippen molar-refractivity contribution >= 4 is 5.91 Å². The first kappa shape index (κ1) is 17.3. The van der Waals surface area contributed by atoms with E-state index < -0.39 is 5.82 Å². The molecule has 3 aromatic rings. The molecule has 0 N–H and O–H groups in total. The Hall–Kier alpha value is -3.15. The fourth-order valence-corrected chi connectivity index (χ4v) is 3.14. The number of aromatic nitrogens is 1. The number of nitrogens with zero attached hydrogens (tertiary/aromatic N) is 2. The average molecular weight is 366 g/mol. The van der Waals surface area contributed by atoms with Gasteiger partial charge in [-0.05, 0) is 42.8 Å². The Kier molecular flexibility index (Phi) is 4.62. The summed E-state index contributed by atoms with van der Waals surface area (Å²) in [7, 11) is 0. The van der Waals surface area contributed by atoms with Gasteiger partial charge in [-0.2, -0.15) is 0 Å². The van der Waals surface area contributed by atoms with Crippen molar-refractivity contribution in [3.63, 3.8) is 0 Å². The zero-order valence-corrected chi connectivity index (χ0v) is 14.9. The van der Waals surface area contributed by atoms with Gasteiger partial charge < -0.3 is 14.1 Å². The van der Waals surface area contributed by atoms with E-state index in [0.717, 1.165) is 17.0 Å². The molecule has 1 amide bonds. The van der Waals surface area contributed by atoms with Crippen LogP contribution in [0.2, 0.25) is 0 Å². The number of carbonyl (C=O) groups is 1. The number of rotatable bonds is 4. The van der Waals surface area contributed by atoms with Crippen molar-refractivity contribution in [2.24, 2.45) is 0 Å². The number of ether oxygens (including phenoxy) is 1. The molecule has 2 heterocycles. The van der Waals surface area contributed by atoms with Gasteiger partial charge in [0.05, 0.1) is 12.2 Å². The topological polar surface area (TPSA) is 55.6 Å². The molecule has 4 rings (SSSR count). The van der Waals surface area contributed by atoms with Crippen molar-refractivity contribution in [2.75, 3.05) is 6.54 Å². The lowest BCUT2D eigenvalue weighted by molar-refractivity contribution is 0.0717. The van der Waals surface area contributed by atoms with Crippen molar-refractivity contribution in [2.45, 2.75) is 26.5 Å². The van der Waals surface area contributed by atoms with Crippen LogP contribution in [-0.2, 0) is 19.6 Å². The molecule has 1 aliphatic rings. The molecule has 0 radical (unpaired) electrons. The molecule has 0 aliphatic carbocycles. The van der Waals surface area contributed by atoms with Gasteiger partial charge in [-0.25, -0.2) is 9.37 Å². The fourth-order valence-electron chi connectivity index (χ4n) is 3.14. The number of oxazole rings is 1. The number of aryl methyl sites for hydroxylation is 1. The normalized spacial score (nSPS) is 13.3. The summed E-state index contributed by atoms with van der Waals surface area (Å²) in [6.07, 6.45) is 0.602. The summed E-state index contributed by atoms with van der Waals surface area (Å²) in [5.41, 5.74) is 2.30. The molecule has 2 aromatic carbocycles. The summed E-state index contributed by atoms with van der Waals surface area (Å²) in [5.74, 6) is 1.27. The largest absolute Gasteiger partial charge is 0.484 e. The Labute approximate surface area is 156 Å². The van der Waals surface area contributed by atoms with E-state index in [4.69, 9.17) is 9.15 Å². The minimum absolute atomic E-state index is 0.214. The van der Waals surface area contributed by atoms with Gasteiger partial charge in [-0.3, -0.25) is 4.79 Å². The van der Waals surface area contributed by atoms with E-state index in [0.29, 0.717) is 36.7 Å². The van der Waals surface area contributed by atoms with Crippen LogP contribution >= 0.6 is 0 Å². The van der Waals surface area contributed by atoms with Crippen molar-refractivity contribution in [1.82, 2.24) is 9.88 Å². The monoisotopic (exact) mass is 366 g/mol. The Morgan fingerprint density at radius 2 is 2.11 bits per heavy atom. The molecule has 6 heteroatoms. The predicted octanol–water partition coefficient (Wildman–Crippen LogP) is 3.90. The highest BCUT2D eigenvalue weighted by Crippen LogP contribution is 2.23. The minimum atomic E-state index is -0.422. The van der Waals surface area contributed by atoms with E-state index in [-0.39, 0.29) is 12.5 Å². The number of halogens is 1. The zero-order valence-electron chi connectivity index (χ0n) is 14.9. The van der Waals surface area contributed by atoms with Gasteiger partial charge in [-0.1, -0.05) is 18.2 Å². The number of hydrogen-bond donors (Lipinski definition) is 0. The molecule has 0 atom stereocenters. The number of benzene rings is 2. The molecule has 1 aliphatic heterocycles. The smallest absolute Gasteiger partial charge is 0.254 e. The summed E-state index contributed by atoms with van der Waals surface area (Å²) < 4.78 is 24.9. The maximum Gasteiger partial charge on any atom is 0.254 e. The van der Waals surface area contributed by atoms with Crippen LogP contribution in [0.25, 0.3) is 0 Å². The van der Waals surface area contributed by atoms with Crippen LogP contribution in [0.5, 0.6) is 5.75 Å². The molecule has 0 saturated heterocycles. The molecular formula is C21H19FN2O3. The summed E-state index contributed by atoms with van der Waals surface area (Å²) in [6.45, 7) is 3.07. The average Bonchev–Trinajstić information content (AvgIpc) is 3.08. The molecule has 0 saturated carbocycles. The van der Waals surface area contributed by atoms with Gasteiger partial charge in [-0.15, -0.1) is 0 Å². The summed E-state index contributed by atoms with van der Waals surface area (Å²) in [4.78, 5) is 18.7. The number of hydrogen-bond acceptors (Lipinski definition) is 4. The van der Waals surface area contributed by atoms with Crippen LogP contribution in [0, 0.1) is 12.7 Å². The van der Waals surface area contributed by atoms with Gasteiger partial charge in [0.1, 0.15) is 17.3 Å². The molecule has 138 valence electrons. The highest BCUT2D eigenvalue weighted by molar-refractivity contribution is 5.94. The third-order valence-electron chi connectivity index (χ3n) is 4.49. The zero-order chi connectivity index (χ0) is 18.8. The Balaban J connectivity index is 1.43. The van der Waals surface area contributed by atoms with E-state index in [1.807, 2.05) is 31.2 Å². The number of fused-ring (bicyclic) bond motifs is 1. The SMILES string of the molecule is Cc1cccc(OCc2nc3c(o2)CN(C(=O)c2cccc(F)c2)CC3)c1. The van der Waals surface area contributed by atoms with Crippen LogP contribution < -0.4 is 4.74 Å². The van der Waals surface area contributed by atoms with Gasteiger partial charge >= 0.3 is 0 Å². The lowest BCUT2D eigenvalue weighted by atomic mass is 10.1. The molecule has 0 spiro atoms. The second-order valence-electron chi connectivity index (χ2n) is 6.57. The van der Waals surface area contributed by atoms with Crippen LogP contribution in [0.4, 0.5) is 4.39 Å². The van der Waals surface area contributed by atoms with Crippen molar-refractivity contribution in [3.8, 4) is 5.75 Å². The number of carbonyl (C=O) groups excluding carboxylic acids is 1. The minimum Gasteiger partial charge on any atom is -0.484 e. The third kappa shape index (κ3) is 3.84. The van der Waals surface area contributed by atoms with Crippen LogP contribution in [0.3, 0.4) is 0 Å². The first-order valence-electron chi connectivity index (χ1n) is 8.80. The summed E-state index contributed by atoms with van der Waals surface area (Å²) in [5, 5.41) is 0. The quantitative estimate of drug-likeness (QED) is 0.703. The molecule has 5 nitrogen and oxygen atoms in total. The van der Waals surface area contributed by atoms with E-state index in [1.54, 1.807) is 11.0 Å². The maximum atomic E-state index is 13.4. The van der Waals surface area contributed by atoms with Crippen molar-refractivity contribution in [1.29, 1.82) is 0 Å². The maximum absolute atomic E-state index is 13.4. The fraction of sp³-hybridized carbons (Fsp3) is 0.238. The molecule has 0 bridgehead atoms. The van der Waals surface area contributed by atoms with Gasteiger partial charge in [0.2, 0.25) is 5.89 Å². The van der Waals surface area contributed by atoms with Crippen LogP contribution in [-0.4, -0.2) is 22.3 Å². The third-order valence-corrected chi connectivity index (χ3v) is 4.49. The molecule has 27 heavy (non-hydrogen) atoms. The van der Waals surface area contributed by atoms with Crippen LogP contribution in [0.1, 0.15) is 33.3 Å². The van der Waals surface area contributed by atoms with Gasteiger partial charge in [0.25, 0.3) is 5.91 Å². The van der Waals surface area contributed by atoms with E-state index >= 15 is 0 Å². The predicted molar refractivity (Wildman–Crippen MR) is 96.9 cm³/mol. The van der Waals surface area contributed by atoms with Gasteiger partial charge in [0, 0.05) is 18.5 Å². The first-order valence-corrected chi connectivity index (χ1v) is 8.80. The second-order valence-corrected chi connectivity index (χ2v) is 6.57. The molecular weight excluding hydrogens is 347 g/mol. The Morgan fingerprint density at radius 3 is 2.93 bits per heavy atom. The highest BCUT2D eigenvalue weighted by Gasteiger charge is 2.26. The van der Waals surface area contributed by atoms with E-state index in [1.165, 1.54) is 18.2 Å². The standard InChI is InChI=1S/C21H19FN2O3/c1-14-4-2-7-17(10-14)26-13-20-23-18-8-9-24(12-19(18)27-20)21(25)15-5-3-6-16(22)11-15/h2-7,10-11H,8-9,12-13H2,1H3. The van der Waals surface area contributed by atoms with E-state index in [2.05, 4.69) is 4.98 Å². The lowest BCUT2D eigenvalue weighted by Gasteiger charge is -2.25. The molecule has 0 fully saturated rings. The highest BCUT2D eigenvalue weighted by atomic mass is 19.1. The van der Waals surface area contributed by atoms with Crippen LogP contribution in [0.15, 0.2) is 52.9 Å². The Bertz CT molecular complexity index is 983. The Morgan fingerprint density at radius 1 is 1.26 bits per heavy atom. The summed E-state index contributed by atoms with van der Waals surface area (Å²) in [6, 6.07) is 13.5. The van der Waals surface area contributed by atoms with E-state index in [9.17, 15) is 9.18 Å².